The third-order valence-electron chi connectivity index (χ3n) is 8.41. The maximum absolute atomic E-state index is 12.8. The van der Waals surface area contributed by atoms with Gasteiger partial charge in [-0.05, 0) is 73.0 Å². The topological polar surface area (TPSA) is 83.6 Å². The SMILES string of the molecule is C=CC1CN2CCC1CC2[C@@H](Nc1c(NCC2=CC=CC2)c(=O)c1=O)c1ccnc2ccc(OC)cc12. The van der Waals surface area contributed by atoms with Crippen molar-refractivity contribution >= 4 is 22.3 Å². The number of nitrogens with one attached hydrogen (secondary N) is 2. The first-order valence-electron chi connectivity index (χ1n) is 13.0. The molecule has 2 aromatic carbocycles. The normalized spacial score (nSPS) is 25.3. The molecule has 7 heteroatoms. The Bertz CT molecular complexity index is 1480. The molecule has 0 saturated carbocycles. The fraction of sp³-hybridized carbons (Fsp3) is 0.367. The van der Waals surface area contributed by atoms with Crippen LogP contribution in [0.5, 0.6) is 5.75 Å². The first-order valence-corrected chi connectivity index (χ1v) is 13.0. The zero-order valence-electron chi connectivity index (χ0n) is 21.1. The van der Waals surface area contributed by atoms with Crippen molar-refractivity contribution in [2.24, 2.45) is 11.8 Å². The highest BCUT2D eigenvalue weighted by Gasteiger charge is 2.43. The van der Waals surface area contributed by atoms with E-state index in [4.69, 9.17) is 4.74 Å². The minimum absolute atomic E-state index is 0.172. The summed E-state index contributed by atoms with van der Waals surface area (Å²) in [6, 6.07) is 7.89. The van der Waals surface area contributed by atoms with E-state index >= 15 is 0 Å². The van der Waals surface area contributed by atoms with Crippen molar-refractivity contribution in [3.8, 4) is 5.75 Å². The zero-order valence-corrected chi connectivity index (χ0v) is 21.1. The molecule has 3 aliphatic heterocycles. The van der Waals surface area contributed by atoms with Crippen molar-refractivity contribution < 1.29 is 4.74 Å². The Hall–Kier alpha value is -3.71. The van der Waals surface area contributed by atoms with Gasteiger partial charge in [-0.2, -0.15) is 0 Å². The second-order valence-electron chi connectivity index (χ2n) is 10.4. The monoisotopic (exact) mass is 496 g/mol. The van der Waals surface area contributed by atoms with Crippen molar-refractivity contribution in [2.75, 3.05) is 37.4 Å². The standard InChI is InChI=1S/C30H32N4O3/c1-3-19-17-34-13-11-20(19)14-25(34)26(22-10-12-31-24-9-8-21(37-2)15-23(22)24)33-28-27(29(35)30(28)36)32-16-18-6-4-5-7-18/h3-6,8-10,12,15,19-20,25-26,32-33H,1,7,11,13-14,16-17H2,2H3/t19?,20?,25?,26-/m0/s1. The maximum atomic E-state index is 12.8. The van der Waals surface area contributed by atoms with E-state index in [0.29, 0.717) is 29.8 Å². The molecule has 3 saturated heterocycles. The molecule has 0 radical (unpaired) electrons. The van der Waals surface area contributed by atoms with Crippen LogP contribution in [0.25, 0.3) is 10.9 Å². The van der Waals surface area contributed by atoms with E-state index in [1.54, 1.807) is 7.11 Å². The van der Waals surface area contributed by atoms with E-state index in [-0.39, 0.29) is 12.1 Å². The molecule has 1 aromatic heterocycles. The van der Waals surface area contributed by atoms with Crippen LogP contribution in [-0.4, -0.2) is 42.7 Å². The number of piperidine rings is 3. The fourth-order valence-corrected chi connectivity index (χ4v) is 6.33. The van der Waals surface area contributed by atoms with Gasteiger partial charge in [-0.25, -0.2) is 0 Å². The van der Waals surface area contributed by atoms with Crippen LogP contribution in [0.2, 0.25) is 0 Å². The molecule has 37 heavy (non-hydrogen) atoms. The van der Waals surface area contributed by atoms with Crippen molar-refractivity contribution in [3.05, 3.63) is 92.9 Å². The van der Waals surface area contributed by atoms with E-state index in [1.807, 2.05) is 42.6 Å². The largest absolute Gasteiger partial charge is 0.497 e. The van der Waals surface area contributed by atoms with E-state index in [0.717, 1.165) is 54.6 Å². The number of nitrogens with zero attached hydrogens (tertiary/aromatic N) is 2. The van der Waals surface area contributed by atoms with Crippen molar-refractivity contribution in [2.45, 2.75) is 31.3 Å². The predicted molar refractivity (Wildman–Crippen MR) is 148 cm³/mol. The summed E-state index contributed by atoms with van der Waals surface area (Å²) in [6.45, 7) is 6.59. The molecule has 7 rings (SSSR count). The maximum Gasteiger partial charge on any atom is 0.253 e. The lowest BCUT2D eigenvalue weighted by molar-refractivity contribution is 0.0105. The van der Waals surface area contributed by atoms with Crippen LogP contribution in [0.1, 0.15) is 30.9 Å². The van der Waals surface area contributed by atoms with Gasteiger partial charge < -0.3 is 15.4 Å². The number of hydrogen-bond acceptors (Lipinski definition) is 7. The number of allylic oxidation sites excluding steroid dienone is 3. The number of rotatable bonds is 9. The third-order valence-corrected chi connectivity index (χ3v) is 8.41. The highest BCUT2D eigenvalue weighted by molar-refractivity contribution is 5.85. The van der Waals surface area contributed by atoms with Gasteiger partial charge in [-0.3, -0.25) is 19.5 Å². The summed E-state index contributed by atoms with van der Waals surface area (Å²) >= 11 is 0. The molecule has 7 nitrogen and oxygen atoms in total. The first-order chi connectivity index (χ1) is 18.1. The quantitative estimate of drug-likeness (QED) is 0.340. The Labute approximate surface area is 216 Å². The van der Waals surface area contributed by atoms with E-state index in [9.17, 15) is 9.59 Å². The van der Waals surface area contributed by atoms with Crippen LogP contribution in [0, 0.1) is 11.8 Å². The molecule has 0 amide bonds. The van der Waals surface area contributed by atoms with Crippen LogP contribution < -0.4 is 26.2 Å². The molecule has 190 valence electrons. The predicted octanol–water partition coefficient (Wildman–Crippen LogP) is 4.19. The first kappa shape index (κ1) is 23.7. The van der Waals surface area contributed by atoms with Crippen LogP contribution in [0.4, 0.5) is 11.4 Å². The smallest absolute Gasteiger partial charge is 0.253 e. The zero-order chi connectivity index (χ0) is 25.5. The number of methoxy groups -OCH3 is 1. The van der Waals surface area contributed by atoms with E-state index in [1.165, 1.54) is 5.57 Å². The summed E-state index contributed by atoms with van der Waals surface area (Å²) in [4.78, 5) is 32.5. The molecule has 0 spiro atoms. The lowest BCUT2D eigenvalue weighted by atomic mass is 9.73. The average molecular weight is 497 g/mol. The Kier molecular flexibility index (Phi) is 6.16. The van der Waals surface area contributed by atoms with Crippen LogP contribution >= 0.6 is 0 Å². The van der Waals surface area contributed by atoms with E-state index in [2.05, 4.69) is 39.2 Å². The van der Waals surface area contributed by atoms with E-state index < -0.39 is 10.9 Å². The summed E-state index contributed by atoms with van der Waals surface area (Å²) in [5.74, 6) is 1.80. The Morgan fingerprint density at radius 2 is 2.11 bits per heavy atom. The second-order valence-corrected chi connectivity index (χ2v) is 10.4. The van der Waals surface area contributed by atoms with Gasteiger partial charge in [0.15, 0.2) is 0 Å². The van der Waals surface area contributed by atoms with Gasteiger partial charge in [-0.15, -0.1) is 6.58 Å². The number of hydrogen-bond donors (Lipinski definition) is 2. The third kappa shape index (κ3) is 4.17. The van der Waals surface area contributed by atoms with Crippen molar-refractivity contribution in [3.63, 3.8) is 0 Å². The summed E-state index contributed by atoms with van der Waals surface area (Å²) in [5, 5.41) is 7.79. The molecule has 4 unspecified atom stereocenters. The molecule has 5 atom stereocenters. The molecule has 4 aliphatic rings. The lowest BCUT2D eigenvalue weighted by Gasteiger charge is -2.52. The van der Waals surface area contributed by atoms with Gasteiger partial charge in [0.05, 0.1) is 18.7 Å². The number of benzene rings is 1. The number of fused-ring (bicyclic) bond motifs is 4. The van der Waals surface area contributed by atoms with Crippen LogP contribution in [-0.2, 0) is 0 Å². The Morgan fingerprint density at radius 3 is 2.84 bits per heavy atom. The summed E-state index contributed by atoms with van der Waals surface area (Å²) < 4.78 is 5.52. The van der Waals surface area contributed by atoms with Gasteiger partial charge in [0.1, 0.15) is 17.1 Å². The second kappa shape index (κ2) is 9.63. The molecule has 4 heterocycles. The number of pyridine rings is 1. The van der Waals surface area contributed by atoms with Gasteiger partial charge in [0.25, 0.3) is 10.9 Å². The van der Waals surface area contributed by atoms with Gasteiger partial charge in [-0.1, -0.05) is 24.3 Å². The highest BCUT2D eigenvalue weighted by atomic mass is 16.5. The van der Waals surface area contributed by atoms with Crippen LogP contribution in [0.15, 0.2) is 76.5 Å². The fourth-order valence-electron chi connectivity index (χ4n) is 6.33. The molecule has 3 fully saturated rings. The molecule has 2 bridgehead atoms. The summed E-state index contributed by atoms with van der Waals surface area (Å²) in [6.07, 6.45) is 13.1. The molecule has 3 aromatic rings. The van der Waals surface area contributed by atoms with Crippen molar-refractivity contribution in [1.82, 2.24) is 9.88 Å². The number of aromatic nitrogens is 1. The summed E-state index contributed by atoms with van der Waals surface area (Å²) in [5.41, 5.74) is 2.98. The summed E-state index contributed by atoms with van der Waals surface area (Å²) in [7, 11) is 1.66. The Morgan fingerprint density at radius 1 is 1.24 bits per heavy atom. The molecule has 2 N–H and O–H groups in total. The number of ether oxygens (including phenoxy) is 1. The van der Waals surface area contributed by atoms with Gasteiger partial charge in [0.2, 0.25) is 0 Å². The molecular weight excluding hydrogens is 464 g/mol. The highest BCUT2D eigenvalue weighted by Crippen LogP contribution is 2.43. The van der Waals surface area contributed by atoms with Gasteiger partial charge in [0, 0.05) is 30.7 Å². The average Bonchev–Trinajstić information content (AvgIpc) is 3.47. The Balaban J connectivity index is 1.39. The minimum Gasteiger partial charge on any atom is -0.497 e. The van der Waals surface area contributed by atoms with Crippen LogP contribution in [0.3, 0.4) is 0 Å². The minimum atomic E-state index is -0.457. The number of anilines is 2. The van der Waals surface area contributed by atoms with Gasteiger partial charge >= 0.3 is 0 Å². The van der Waals surface area contributed by atoms with Crippen molar-refractivity contribution in [1.29, 1.82) is 0 Å². The molecule has 1 aliphatic carbocycles. The lowest BCUT2D eigenvalue weighted by Crippen LogP contribution is -2.56. The molecular formula is C30H32N4O3.